The zero-order valence-corrected chi connectivity index (χ0v) is 11.3. The second-order valence-electron chi connectivity index (χ2n) is 4.83. The van der Waals surface area contributed by atoms with Gasteiger partial charge in [0.2, 0.25) is 5.91 Å². The minimum atomic E-state index is -0.267. The smallest absolute Gasteiger partial charge is 0.235 e. The van der Waals surface area contributed by atoms with Gasteiger partial charge in [0.15, 0.2) is 0 Å². The van der Waals surface area contributed by atoms with E-state index in [4.69, 9.17) is 5.73 Å². The summed E-state index contributed by atoms with van der Waals surface area (Å²) in [7, 11) is 2.04. The number of primary amides is 1. The van der Waals surface area contributed by atoms with Crippen molar-refractivity contribution in [2.24, 2.45) is 11.7 Å². The molecule has 3 N–H and O–H groups in total. The predicted molar refractivity (Wildman–Crippen MR) is 68.2 cm³/mol. The summed E-state index contributed by atoms with van der Waals surface area (Å²) in [5.41, 5.74) is 5.37. The van der Waals surface area contributed by atoms with Gasteiger partial charge in [-0.15, -0.1) is 0 Å². The van der Waals surface area contributed by atoms with Crippen LogP contribution in [0.15, 0.2) is 0 Å². The highest BCUT2D eigenvalue weighted by Gasteiger charge is 2.20. The molecular formula is C12H27N3O. The second kappa shape index (κ2) is 7.63. The standard InChI is InChI=1S/C12H27N3O/c1-6-7-14-11(12(13)16)8-15(5)10(4)9(2)3/h9-11,14H,6-8H2,1-5H3,(H2,13,16). The summed E-state index contributed by atoms with van der Waals surface area (Å²) in [6.07, 6.45) is 1.01. The van der Waals surface area contributed by atoms with Crippen LogP contribution in [0.4, 0.5) is 0 Å². The number of nitrogens with two attached hydrogens (primary N) is 1. The van der Waals surface area contributed by atoms with E-state index in [0.29, 0.717) is 18.5 Å². The molecule has 96 valence electrons. The average molecular weight is 229 g/mol. The molecule has 4 nitrogen and oxygen atoms in total. The van der Waals surface area contributed by atoms with Crippen molar-refractivity contribution in [1.82, 2.24) is 10.2 Å². The molecule has 2 unspecified atom stereocenters. The Labute approximate surface area is 99.6 Å². The van der Waals surface area contributed by atoms with Gasteiger partial charge >= 0.3 is 0 Å². The van der Waals surface area contributed by atoms with Gasteiger partial charge in [0.05, 0.1) is 6.04 Å². The molecule has 16 heavy (non-hydrogen) atoms. The van der Waals surface area contributed by atoms with Crippen molar-refractivity contribution in [3.05, 3.63) is 0 Å². The highest BCUT2D eigenvalue weighted by Crippen LogP contribution is 2.08. The fourth-order valence-corrected chi connectivity index (χ4v) is 1.54. The first kappa shape index (κ1) is 15.4. The molecule has 0 aliphatic rings. The van der Waals surface area contributed by atoms with Crippen molar-refractivity contribution in [3.8, 4) is 0 Å². The van der Waals surface area contributed by atoms with E-state index < -0.39 is 0 Å². The first-order valence-electron chi connectivity index (χ1n) is 6.13. The van der Waals surface area contributed by atoms with Gasteiger partial charge in [0, 0.05) is 12.6 Å². The topological polar surface area (TPSA) is 58.4 Å². The van der Waals surface area contributed by atoms with Crippen molar-refractivity contribution < 1.29 is 4.79 Å². The molecule has 1 amide bonds. The third-order valence-corrected chi connectivity index (χ3v) is 3.11. The Morgan fingerprint density at radius 3 is 2.31 bits per heavy atom. The molecule has 0 heterocycles. The summed E-state index contributed by atoms with van der Waals surface area (Å²) in [5, 5.41) is 3.18. The molecule has 0 aromatic rings. The van der Waals surface area contributed by atoms with E-state index in [0.717, 1.165) is 13.0 Å². The van der Waals surface area contributed by atoms with Gasteiger partial charge in [-0.05, 0) is 32.9 Å². The summed E-state index contributed by atoms with van der Waals surface area (Å²) < 4.78 is 0. The van der Waals surface area contributed by atoms with Gasteiger partial charge in [0.25, 0.3) is 0 Å². The fraction of sp³-hybridized carbons (Fsp3) is 0.917. The normalized spacial score (nSPS) is 15.4. The van der Waals surface area contributed by atoms with Crippen LogP contribution in [0.3, 0.4) is 0 Å². The van der Waals surface area contributed by atoms with Gasteiger partial charge in [-0.25, -0.2) is 0 Å². The van der Waals surface area contributed by atoms with Gasteiger partial charge in [-0.3, -0.25) is 4.79 Å². The Morgan fingerprint density at radius 2 is 1.94 bits per heavy atom. The molecule has 2 atom stereocenters. The highest BCUT2D eigenvalue weighted by molar-refractivity contribution is 5.80. The Bertz CT molecular complexity index is 206. The van der Waals surface area contributed by atoms with Crippen LogP contribution in [0.1, 0.15) is 34.1 Å². The zero-order chi connectivity index (χ0) is 12.7. The minimum absolute atomic E-state index is 0.244. The molecule has 0 aromatic carbocycles. The number of nitrogens with zero attached hydrogens (tertiary/aromatic N) is 1. The molecule has 0 saturated carbocycles. The monoisotopic (exact) mass is 229 g/mol. The molecule has 0 aromatic heterocycles. The third-order valence-electron chi connectivity index (χ3n) is 3.11. The van der Waals surface area contributed by atoms with E-state index >= 15 is 0 Å². The Kier molecular flexibility index (Phi) is 7.34. The van der Waals surface area contributed by atoms with E-state index in [1.807, 2.05) is 7.05 Å². The first-order valence-corrected chi connectivity index (χ1v) is 6.13. The molecule has 0 saturated heterocycles. The van der Waals surface area contributed by atoms with Crippen molar-refractivity contribution in [2.75, 3.05) is 20.1 Å². The van der Waals surface area contributed by atoms with Crippen LogP contribution in [0.2, 0.25) is 0 Å². The van der Waals surface area contributed by atoms with Crippen molar-refractivity contribution in [2.45, 2.75) is 46.2 Å². The average Bonchev–Trinajstić information content (AvgIpc) is 2.21. The van der Waals surface area contributed by atoms with Crippen LogP contribution in [-0.2, 0) is 4.79 Å². The highest BCUT2D eigenvalue weighted by atomic mass is 16.1. The summed E-state index contributed by atoms with van der Waals surface area (Å²) in [5.74, 6) is 0.306. The summed E-state index contributed by atoms with van der Waals surface area (Å²) >= 11 is 0. The van der Waals surface area contributed by atoms with Crippen molar-refractivity contribution >= 4 is 5.91 Å². The number of hydrogen-bond acceptors (Lipinski definition) is 3. The lowest BCUT2D eigenvalue weighted by Crippen LogP contribution is -2.50. The molecule has 0 radical (unpaired) electrons. The van der Waals surface area contributed by atoms with Crippen LogP contribution in [0.25, 0.3) is 0 Å². The van der Waals surface area contributed by atoms with Crippen LogP contribution < -0.4 is 11.1 Å². The molecule has 0 fully saturated rings. The third kappa shape index (κ3) is 5.47. The largest absolute Gasteiger partial charge is 0.368 e. The summed E-state index contributed by atoms with van der Waals surface area (Å²) in [6, 6.07) is 0.205. The maximum Gasteiger partial charge on any atom is 0.235 e. The number of nitrogens with one attached hydrogen (secondary N) is 1. The van der Waals surface area contributed by atoms with Gasteiger partial charge in [0.1, 0.15) is 0 Å². The van der Waals surface area contributed by atoms with Gasteiger partial charge in [-0.1, -0.05) is 20.8 Å². The van der Waals surface area contributed by atoms with Crippen LogP contribution in [-0.4, -0.2) is 43.0 Å². The Hall–Kier alpha value is -0.610. The first-order chi connectivity index (χ1) is 7.40. The van der Waals surface area contributed by atoms with Crippen LogP contribution >= 0.6 is 0 Å². The molecule has 0 rings (SSSR count). The molecular weight excluding hydrogens is 202 g/mol. The molecule has 0 spiro atoms. The molecule has 0 aliphatic carbocycles. The maximum atomic E-state index is 11.3. The minimum Gasteiger partial charge on any atom is -0.368 e. The molecule has 0 bridgehead atoms. The lowest BCUT2D eigenvalue weighted by molar-refractivity contribution is -0.120. The summed E-state index contributed by atoms with van der Waals surface area (Å²) in [4.78, 5) is 13.4. The Balaban J connectivity index is 4.22. The summed E-state index contributed by atoms with van der Waals surface area (Å²) in [6.45, 7) is 10.1. The Morgan fingerprint density at radius 1 is 1.38 bits per heavy atom. The number of carbonyl (C=O) groups excluding carboxylic acids is 1. The van der Waals surface area contributed by atoms with Gasteiger partial charge < -0.3 is 16.0 Å². The quantitative estimate of drug-likeness (QED) is 0.648. The van der Waals surface area contributed by atoms with Crippen molar-refractivity contribution in [1.29, 1.82) is 0 Å². The predicted octanol–water partition coefficient (Wildman–Crippen LogP) is 0.816. The van der Waals surface area contributed by atoms with E-state index in [9.17, 15) is 4.79 Å². The zero-order valence-electron chi connectivity index (χ0n) is 11.3. The number of hydrogen-bond donors (Lipinski definition) is 2. The molecule has 4 heteroatoms. The lowest BCUT2D eigenvalue weighted by Gasteiger charge is -2.30. The SMILES string of the molecule is CCCNC(CN(C)C(C)C(C)C)C(N)=O. The van der Waals surface area contributed by atoms with E-state index in [1.165, 1.54) is 0 Å². The number of amides is 1. The maximum absolute atomic E-state index is 11.3. The van der Waals surface area contributed by atoms with E-state index in [1.54, 1.807) is 0 Å². The van der Waals surface area contributed by atoms with Crippen LogP contribution in [0.5, 0.6) is 0 Å². The van der Waals surface area contributed by atoms with E-state index in [2.05, 4.69) is 37.9 Å². The number of carbonyl (C=O) groups is 1. The van der Waals surface area contributed by atoms with Gasteiger partial charge in [-0.2, -0.15) is 0 Å². The number of likely N-dealkylation sites (N-methyl/N-ethyl adjacent to an activating group) is 1. The lowest BCUT2D eigenvalue weighted by atomic mass is 10.0. The number of rotatable bonds is 8. The fourth-order valence-electron chi connectivity index (χ4n) is 1.54. The molecule has 0 aliphatic heterocycles. The second-order valence-corrected chi connectivity index (χ2v) is 4.83. The van der Waals surface area contributed by atoms with E-state index in [-0.39, 0.29) is 11.9 Å². The van der Waals surface area contributed by atoms with Crippen LogP contribution in [0, 0.1) is 5.92 Å². The van der Waals surface area contributed by atoms with Crippen molar-refractivity contribution in [3.63, 3.8) is 0 Å².